The Hall–Kier alpha value is -2.20. The number of carbonyl (C=O) groups excluding carboxylic acids is 1. The Kier molecular flexibility index (Phi) is 3.83. The second kappa shape index (κ2) is 6.13. The summed E-state index contributed by atoms with van der Waals surface area (Å²) in [6, 6.07) is 9.98. The summed E-state index contributed by atoms with van der Waals surface area (Å²) in [6.45, 7) is 0.661. The van der Waals surface area contributed by atoms with Gasteiger partial charge in [-0.2, -0.15) is 0 Å². The number of amides is 1. The van der Waals surface area contributed by atoms with Crippen LogP contribution in [0.4, 0.5) is 0 Å². The molecule has 2 atom stereocenters. The molecule has 0 spiro atoms. The Morgan fingerprint density at radius 1 is 1.22 bits per heavy atom. The number of fused-ring (bicyclic) bond motifs is 1. The molecule has 1 fully saturated rings. The standard InChI is InChI=1S/C19H20N2O2/c22-19(15-7-6-13-3-1-4-14(13)11-15)21-17-8-10-23-18(17)16-5-2-9-20-12-16/h2,5-7,9,11-12,17-18H,1,3-4,8,10H2,(H,21,22)/t17-,18+/m0/s1. The average molecular weight is 308 g/mol. The number of nitrogens with one attached hydrogen (secondary N) is 1. The highest BCUT2D eigenvalue weighted by molar-refractivity contribution is 5.94. The van der Waals surface area contributed by atoms with Gasteiger partial charge in [-0.05, 0) is 55.0 Å². The molecule has 2 heterocycles. The molecule has 1 saturated heterocycles. The summed E-state index contributed by atoms with van der Waals surface area (Å²) in [5, 5.41) is 3.14. The van der Waals surface area contributed by atoms with Crippen molar-refractivity contribution in [3.63, 3.8) is 0 Å². The highest BCUT2D eigenvalue weighted by atomic mass is 16.5. The molecule has 1 aromatic carbocycles. The van der Waals surface area contributed by atoms with Crippen molar-refractivity contribution in [3.8, 4) is 0 Å². The third-order valence-electron chi connectivity index (χ3n) is 4.78. The van der Waals surface area contributed by atoms with Crippen LogP contribution in [0, 0.1) is 0 Å². The van der Waals surface area contributed by atoms with E-state index in [9.17, 15) is 4.79 Å². The number of nitrogens with zero attached hydrogens (tertiary/aromatic N) is 1. The lowest BCUT2D eigenvalue weighted by molar-refractivity contribution is 0.0820. The molecule has 0 bridgehead atoms. The molecule has 1 N–H and O–H groups in total. The van der Waals surface area contributed by atoms with Crippen molar-refractivity contribution in [1.29, 1.82) is 0 Å². The maximum absolute atomic E-state index is 12.6. The molecule has 0 radical (unpaired) electrons. The average Bonchev–Trinajstić information content (AvgIpc) is 3.23. The first kappa shape index (κ1) is 14.4. The topological polar surface area (TPSA) is 51.2 Å². The molecule has 1 aliphatic carbocycles. The number of ether oxygens (including phenoxy) is 1. The summed E-state index contributed by atoms with van der Waals surface area (Å²) < 4.78 is 5.81. The number of benzene rings is 1. The van der Waals surface area contributed by atoms with Crippen LogP contribution in [-0.4, -0.2) is 23.5 Å². The molecule has 4 rings (SSSR count). The van der Waals surface area contributed by atoms with Crippen molar-refractivity contribution >= 4 is 5.91 Å². The van der Waals surface area contributed by atoms with Gasteiger partial charge >= 0.3 is 0 Å². The SMILES string of the molecule is O=C(N[C@H]1CCO[C@@H]1c1cccnc1)c1ccc2c(c1)CCC2. The van der Waals surface area contributed by atoms with E-state index in [1.54, 1.807) is 6.20 Å². The van der Waals surface area contributed by atoms with E-state index in [-0.39, 0.29) is 18.1 Å². The molecule has 4 nitrogen and oxygen atoms in total. The van der Waals surface area contributed by atoms with Gasteiger partial charge in [0, 0.05) is 30.1 Å². The van der Waals surface area contributed by atoms with Crippen LogP contribution < -0.4 is 5.32 Å². The summed E-state index contributed by atoms with van der Waals surface area (Å²) in [5.41, 5.74) is 4.48. The highest BCUT2D eigenvalue weighted by Crippen LogP contribution is 2.29. The van der Waals surface area contributed by atoms with Gasteiger partial charge in [0.1, 0.15) is 6.10 Å². The van der Waals surface area contributed by atoms with Crippen LogP contribution in [0.25, 0.3) is 0 Å². The first-order valence-corrected chi connectivity index (χ1v) is 8.25. The third kappa shape index (κ3) is 2.86. The Morgan fingerprint density at radius 3 is 3.00 bits per heavy atom. The summed E-state index contributed by atoms with van der Waals surface area (Å²) in [7, 11) is 0. The molecular formula is C19H20N2O2. The molecule has 118 valence electrons. The number of aromatic nitrogens is 1. The second-order valence-corrected chi connectivity index (χ2v) is 6.28. The minimum absolute atomic E-state index is 0.0000420. The molecule has 1 amide bonds. The zero-order valence-corrected chi connectivity index (χ0v) is 13.0. The van der Waals surface area contributed by atoms with Gasteiger partial charge in [-0.3, -0.25) is 9.78 Å². The van der Waals surface area contributed by atoms with Crippen molar-refractivity contribution in [1.82, 2.24) is 10.3 Å². The van der Waals surface area contributed by atoms with E-state index in [0.717, 1.165) is 30.4 Å². The van der Waals surface area contributed by atoms with Crippen LogP contribution in [0.3, 0.4) is 0 Å². The monoisotopic (exact) mass is 308 g/mol. The Morgan fingerprint density at radius 2 is 2.13 bits per heavy atom. The molecule has 2 aromatic rings. The zero-order valence-electron chi connectivity index (χ0n) is 13.0. The summed E-state index contributed by atoms with van der Waals surface area (Å²) >= 11 is 0. The van der Waals surface area contributed by atoms with Gasteiger partial charge in [0.05, 0.1) is 6.04 Å². The van der Waals surface area contributed by atoms with Crippen molar-refractivity contribution in [2.24, 2.45) is 0 Å². The quantitative estimate of drug-likeness (QED) is 0.948. The van der Waals surface area contributed by atoms with Crippen molar-refractivity contribution in [3.05, 3.63) is 65.0 Å². The second-order valence-electron chi connectivity index (χ2n) is 6.28. The van der Waals surface area contributed by atoms with E-state index in [2.05, 4.69) is 16.4 Å². The van der Waals surface area contributed by atoms with Gasteiger partial charge in [-0.25, -0.2) is 0 Å². The summed E-state index contributed by atoms with van der Waals surface area (Å²) in [6.07, 6.45) is 7.69. The van der Waals surface area contributed by atoms with Crippen molar-refractivity contribution in [2.45, 2.75) is 37.8 Å². The van der Waals surface area contributed by atoms with Gasteiger partial charge in [-0.1, -0.05) is 12.1 Å². The smallest absolute Gasteiger partial charge is 0.251 e. The molecular weight excluding hydrogens is 288 g/mol. The van der Waals surface area contributed by atoms with E-state index in [0.29, 0.717) is 6.61 Å². The van der Waals surface area contributed by atoms with E-state index in [1.165, 1.54) is 17.5 Å². The van der Waals surface area contributed by atoms with Crippen molar-refractivity contribution < 1.29 is 9.53 Å². The Balaban J connectivity index is 1.50. The maximum Gasteiger partial charge on any atom is 0.251 e. The normalized spacial score (nSPS) is 22.8. The number of aryl methyl sites for hydroxylation is 2. The van der Waals surface area contributed by atoms with E-state index in [1.807, 2.05) is 30.5 Å². The lowest BCUT2D eigenvalue weighted by Gasteiger charge is -2.20. The fraction of sp³-hybridized carbons (Fsp3) is 0.368. The summed E-state index contributed by atoms with van der Waals surface area (Å²) in [4.78, 5) is 16.7. The van der Waals surface area contributed by atoms with E-state index < -0.39 is 0 Å². The third-order valence-corrected chi connectivity index (χ3v) is 4.78. The minimum atomic E-state index is -0.109. The molecule has 2 aliphatic rings. The molecule has 0 unspecified atom stereocenters. The highest BCUT2D eigenvalue weighted by Gasteiger charge is 2.31. The number of hydrogen-bond acceptors (Lipinski definition) is 3. The van der Waals surface area contributed by atoms with Gasteiger partial charge < -0.3 is 10.1 Å². The number of pyridine rings is 1. The predicted molar refractivity (Wildman–Crippen MR) is 87.3 cm³/mol. The molecule has 23 heavy (non-hydrogen) atoms. The lowest BCUT2D eigenvalue weighted by atomic mass is 10.0. The maximum atomic E-state index is 12.6. The summed E-state index contributed by atoms with van der Waals surface area (Å²) in [5.74, 6) is -0.0101. The minimum Gasteiger partial charge on any atom is -0.371 e. The Bertz CT molecular complexity index is 715. The van der Waals surface area contributed by atoms with E-state index in [4.69, 9.17) is 4.74 Å². The van der Waals surface area contributed by atoms with Gasteiger partial charge in [0.25, 0.3) is 5.91 Å². The number of carbonyl (C=O) groups is 1. The fourth-order valence-electron chi connectivity index (χ4n) is 3.57. The molecule has 4 heteroatoms. The van der Waals surface area contributed by atoms with Crippen molar-refractivity contribution in [2.75, 3.05) is 6.61 Å². The first-order chi connectivity index (χ1) is 11.3. The van der Waals surface area contributed by atoms with E-state index >= 15 is 0 Å². The Labute approximate surface area is 135 Å². The first-order valence-electron chi connectivity index (χ1n) is 8.25. The van der Waals surface area contributed by atoms with Crippen LogP contribution in [0.5, 0.6) is 0 Å². The van der Waals surface area contributed by atoms with Crippen LogP contribution in [0.15, 0.2) is 42.7 Å². The largest absolute Gasteiger partial charge is 0.371 e. The van der Waals surface area contributed by atoms with Crippen LogP contribution in [-0.2, 0) is 17.6 Å². The fourth-order valence-corrected chi connectivity index (χ4v) is 3.57. The van der Waals surface area contributed by atoms with Gasteiger partial charge in [0.2, 0.25) is 0 Å². The van der Waals surface area contributed by atoms with Gasteiger partial charge in [-0.15, -0.1) is 0 Å². The molecule has 1 aliphatic heterocycles. The molecule has 0 saturated carbocycles. The van der Waals surface area contributed by atoms with Crippen LogP contribution in [0.2, 0.25) is 0 Å². The number of rotatable bonds is 3. The predicted octanol–water partition coefficient (Wildman–Crippen LogP) is 2.83. The van der Waals surface area contributed by atoms with Gasteiger partial charge in [0.15, 0.2) is 0 Å². The lowest BCUT2D eigenvalue weighted by Crippen LogP contribution is -2.36. The number of hydrogen-bond donors (Lipinski definition) is 1. The van der Waals surface area contributed by atoms with Crippen LogP contribution >= 0.6 is 0 Å². The molecule has 1 aromatic heterocycles. The zero-order chi connectivity index (χ0) is 15.6. The van der Waals surface area contributed by atoms with Crippen LogP contribution in [0.1, 0.15) is 46.0 Å².